The van der Waals surface area contributed by atoms with E-state index in [9.17, 15) is 18.0 Å². The fourth-order valence-electron chi connectivity index (χ4n) is 4.97. The van der Waals surface area contributed by atoms with E-state index in [1.54, 1.807) is 41.3 Å². The molecule has 9 heteroatoms. The van der Waals surface area contributed by atoms with Gasteiger partial charge in [-0.15, -0.1) is 0 Å². The minimum Gasteiger partial charge on any atom is -0.477 e. The van der Waals surface area contributed by atoms with Gasteiger partial charge >= 0.3 is 0 Å². The van der Waals surface area contributed by atoms with Crippen LogP contribution in [0.15, 0.2) is 114 Å². The van der Waals surface area contributed by atoms with E-state index < -0.39 is 16.1 Å². The monoisotopic (exact) mass is 597 g/mol. The average molecular weight is 598 g/mol. The van der Waals surface area contributed by atoms with Crippen LogP contribution in [-0.2, 0) is 38.9 Å². The van der Waals surface area contributed by atoms with Gasteiger partial charge in [0.2, 0.25) is 15.9 Å². The third kappa shape index (κ3) is 8.09. The smallest absolute Gasteiger partial charge is 0.262 e. The number of ether oxygens (including phenoxy) is 1. The summed E-state index contributed by atoms with van der Waals surface area (Å²) in [5.74, 6) is 0.0779. The van der Waals surface area contributed by atoms with Gasteiger partial charge in [0.15, 0.2) is 6.10 Å². The van der Waals surface area contributed by atoms with Gasteiger partial charge in [-0.3, -0.25) is 9.59 Å². The van der Waals surface area contributed by atoms with Crippen molar-refractivity contribution in [1.82, 2.24) is 10.0 Å². The molecule has 2 N–H and O–H groups in total. The number of sulfonamides is 1. The molecule has 43 heavy (non-hydrogen) atoms. The highest BCUT2D eigenvalue weighted by molar-refractivity contribution is 7.89. The Morgan fingerprint density at radius 3 is 1.98 bits per heavy atom. The predicted molar refractivity (Wildman–Crippen MR) is 166 cm³/mol. The number of hydrogen-bond donors (Lipinski definition) is 2. The van der Waals surface area contributed by atoms with E-state index in [4.69, 9.17) is 4.74 Å². The lowest BCUT2D eigenvalue weighted by molar-refractivity contribution is -0.128. The first-order valence-electron chi connectivity index (χ1n) is 14.4. The lowest BCUT2D eigenvalue weighted by Crippen LogP contribution is -2.51. The highest BCUT2D eigenvalue weighted by Crippen LogP contribution is 2.33. The average Bonchev–Trinajstić information content (AvgIpc) is 3.04. The number of fused-ring (bicyclic) bond motifs is 1. The van der Waals surface area contributed by atoms with Gasteiger partial charge in [0, 0.05) is 19.5 Å². The number of para-hydroxylation sites is 2. The molecule has 0 saturated carbocycles. The Hall–Kier alpha value is -4.47. The standard InChI is InChI=1S/C34H35N3O5S/c38-33(20-17-28-15-18-29(19-16-28)43(40,41)36-24-22-27-11-5-2-6-12-27)37-25-32(42-31-14-8-7-13-30(31)37)34(39)35-23-21-26-9-3-1-4-10-26/h1-16,18-19,32,36H,17,20-25H2,(H,35,39). The van der Waals surface area contributed by atoms with E-state index in [1.807, 2.05) is 72.8 Å². The van der Waals surface area contributed by atoms with E-state index >= 15 is 0 Å². The Bertz CT molecular complexity index is 1630. The Morgan fingerprint density at radius 2 is 1.30 bits per heavy atom. The molecule has 1 aliphatic heterocycles. The normalized spacial score (nSPS) is 14.4. The number of anilines is 1. The number of nitrogens with zero attached hydrogens (tertiary/aromatic N) is 1. The fraction of sp³-hybridized carbons (Fsp3) is 0.235. The summed E-state index contributed by atoms with van der Waals surface area (Å²) in [7, 11) is -3.64. The number of aryl methyl sites for hydroxylation is 1. The molecule has 0 radical (unpaired) electrons. The first-order valence-corrected chi connectivity index (χ1v) is 15.9. The van der Waals surface area contributed by atoms with Crippen LogP contribution in [0.3, 0.4) is 0 Å². The second kappa shape index (κ2) is 14.1. The van der Waals surface area contributed by atoms with Crippen LogP contribution in [0.4, 0.5) is 5.69 Å². The van der Waals surface area contributed by atoms with E-state index in [2.05, 4.69) is 10.0 Å². The number of rotatable bonds is 12. The summed E-state index contributed by atoms with van der Waals surface area (Å²) in [5, 5.41) is 2.93. The van der Waals surface area contributed by atoms with Gasteiger partial charge in [0.05, 0.1) is 17.1 Å². The summed E-state index contributed by atoms with van der Waals surface area (Å²) in [6, 6.07) is 33.4. The minimum absolute atomic E-state index is 0.110. The molecule has 5 rings (SSSR count). The molecule has 0 fully saturated rings. The zero-order chi connectivity index (χ0) is 30.1. The SMILES string of the molecule is O=C(NCCc1ccccc1)C1CN(C(=O)CCc2ccc(S(=O)(=O)NCCc3ccccc3)cc2)c2ccccc2O1. The maximum atomic E-state index is 13.4. The second-order valence-electron chi connectivity index (χ2n) is 10.4. The molecule has 2 amide bonds. The highest BCUT2D eigenvalue weighted by Gasteiger charge is 2.33. The fourth-order valence-corrected chi connectivity index (χ4v) is 6.01. The van der Waals surface area contributed by atoms with E-state index in [0.717, 1.165) is 16.7 Å². The van der Waals surface area contributed by atoms with Crippen molar-refractivity contribution in [3.8, 4) is 5.75 Å². The zero-order valence-electron chi connectivity index (χ0n) is 23.8. The van der Waals surface area contributed by atoms with Crippen molar-refractivity contribution in [2.24, 2.45) is 0 Å². The van der Waals surface area contributed by atoms with Crippen molar-refractivity contribution < 1.29 is 22.7 Å². The van der Waals surface area contributed by atoms with Crippen molar-refractivity contribution in [1.29, 1.82) is 0 Å². The number of carbonyl (C=O) groups excluding carboxylic acids is 2. The van der Waals surface area contributed by atoms with Crippen molar-refractivity contribution in [2.75, 3.05) is 24.5 Å². The van der Waals surface area contributed by atoms with Crippen LogP contribution in [0.2, 0.25) is 0 Å². The van der Waals surface area contributed by atoms with Crippen molar-refractivity contribution in [3.63, 3.8) is 0 Å². The number of carbonyl (C=O) groups is 2. The Balaban J connectivity index is 1.15. The molecule has 8 nitrogen and oxygen atoms in total. The lowest BCUT2D eigenvalue weighted by atomic mass is 10.1. The summed E-state index contributed by atoms with van der Waals surface area (Å²) in [6.07, 6.45) is 1.09. The summed E-state index contributed by atoms with van der Waals surface area (Å²) in [5.41, 5.74) is 3.65. The molecule has 0 saturated heterocycles. The zero-order valence-corrected chi connectivity index (χ0v) is 24.6. The maximum absolute atomic E-state index is 13.4. The third-order valence-electron chi connectivity index (χ3n) is 7.33. The first kappa shape index (κ1) is 30.0. The number of amides is 2. The largest absolute Gasteiger partial charge is 0.477 e. The number of nitrogens with one attached hydrogen (secondary N) is 2. The van der Waals surface area contributed by atoms with Gasteiger partial charge in [0.25, 0.3) is 5.91 Å². The number of benzene rings is 4. The van der Waals surface area contributed by atoms with Crippen LogP contribution in [0, 0.1) is 0 Å². The van der Waals surface area contributed by atoms with Crippen LogP contribution in [-0.4, -0.2) is 46.0 Å². The van der Waals surface area contributed by atoms with Crippen LogP contribution in [0.1, 0.15) is 23.1 Å². The molecule has 0 bridgehead atoms. The molecule has 1 heterocycles. The summed E-state index contributed by atoms with van der Waals surface area (Å²) >= 11 is 0. The predicted octanol–water partition coefficient (Wildman–Crippen LogP) is 4.29. The van der Waals surface area contributed by atoms with Gasteiger partial charge in [-0.1, -0.05) is 84.9 Å². The quantitative estimate of drug-likeness (QED) is 0.254. The molecular weight excluding hydrogens is 562 g/mol. The molecule has 222 valence electrons. The van der Waals surface area contributed by atoms with Gasteiger partial charge in [0.1, 0.15) is 5.75 Å². The molecule has 0 aromatic heterocycles. The van der Waals surface area contributed by atoms with E-state index in [1.165, 1.54) is 0 Å². The molecule has 4 aromatic carbocycles. The van der Waals surface area contributed by atoms with Crippen LogP contribution in [0.5, 0.6) is 5.75 Å². The lowest BCUT2D eigenvalue weighted by Gasteiger charge is -2.34. The Labute approximate surface area is 252 Å². The summed E-state index contributed by atoms with van der Waals surface area (Å²) < 4.78 is 34.1. The second-order valence-corrected chi connectivity index (χ2v) is 12.1. The van der Waals surface area contributed by atoms with Gasteiger partial charge in [-0.25, -0.2) is 13.1 Å². The Kier molecular flexibility index (Phi) is 9.86. The van der Waals surface area contributed by atoms with Crippen molar-refractivity contribution in [3.05, 3.63) is 126 Å². The highest BCUT2D eigenvalue weighted by atomic mass is 32.2. The third-order valence-corrected chi connectivity index (χ3v) is 8.81. The molecule has 0 spiro atoms. The van der Waals surface area contributed by atoms with E-state index in [-0.39, 0.29) is 29.7 Å². The van der Waals surface area contributed by atoms with E-state index in [0.29, 0.717) is 43.8 Å². The van der Waals surface area contributed by atoms with Gasteiger partial charge < -0.3 is 15.0 Å². The van der Waals surface area contributed by atoms with Gasteiger partial charge in [-0.2, -0.15) is 0 Å². The molecular formula is C34H35N3O5S. The van der Waals surface area contributed by atoms with Crippen LogP contribution >= 0.6 is 0 Å². The minimum atomic E-state index is -3.64. The molecule has 1 unspecified atom stereocenters. The first-order chi connectivity index (χ1) is 20.9. The van der Waals surface area contributed by atoms with Crippen molar-refractivity contribution >= 4 is 27.5 Å². The molecule has 0 aliphatic carbocycles. The Morgan fingerprint density at radius 1 is 0.721 bits per heavy atom. The summed E-state index contributed by atoms with van der Waals surface area (Å²) in [4.78, 5) is 28.2. The topological polar surface area (TPSA) is 105 Å². The molecule has 1 atom stereocenters. The maximum Gasteiger partial charge on any atom is 0.262 e. The number of hydrogen-bond acceptors (Lipinski definition) is 5. The summed E-state index contributed by atoms with van der Waals surface area (Å²) in [6.45, 7) is 0.876. The molecule has 1 aliphatic rings. The molecule has 4 aromatic rings. The van der Waals surface area contributed by atoms with Crippen LogP contribution < -0.4 is 19.7 Å². The van der Waals surface area contributed by atoms with Crippen LogP contribution in [0.25, 0.3) is 0 Å². The van der Waals surface area contributed by atoms with Crippen molar-refractivity contribution in [2.45, 2.75) is 36.7 Å². The van der Waals surface area contributed by atoms with Gasteiger partial charge in [-0.05, 0) is 60.2 Å².